The third kappa shape index (κ3) is 1.61. The van der Waals surface area contributed by atoms with Gasteiger partial charge in [0.2, 0.25) is 11.9 Å². The average Bonchev–Trinajstić information content (AvgIpc) is 2.66. The fraction of sp³-hybridized carbons (Fsp3) is 0.417. The van der Waals surface area contributed by atoms with Gasteiger partial charge in [0.25, 0.3) is 0 Å². The van der Waals surface area contributed by atoms with E-state index in [-0.39, 0.29) is 11.9 Å². The number of nitrogens with zero attached hydrogens (tertiary/aromatic N) is 3. The van der Waals surface area contributed by atoms with Gasteiger partial charge in [-0.2, -0.15) is 0 Å². The average molecular weight is 245 g/mol. The van der Waals surface area contributed by atoms with Crippen LogP contribution >= 0.6 is 0 Å². The van der Waals surface area contributed by atoms with Crippen LogP contribution in [0.2, 0.25) is 0 Å². The molecule has 1 atom stereocenters. The summed E-state index contributed by atoms with van der Waals surface area (Å²) in [6, 6.07) is 3.48. The van der Waals surface area contributed by atoms with Crippen molar-refractivity contribution in [2.45, 2.75) is 25.8 Å². The van der Waals surface area contributed by atoms with Crippen molar-refractivity contribution >= 4 is 23.0 Å². The largest absolute Gasteiger partial charge is 0.369 e. The van der Waals surface area contributed by atoms with Crippen LogP contribution in [0, 0.1) is 6.92 Å². The van der Waals surface area contributed by atoms with Gasteiger partial charge in [-0.05, 0) is 31.9 Å². The zero-order valence-corrected chi connectivity index (χ0v) is 10.2. The molecule has 0 saturated carbocycles. The monoisotopic (exact) mass is 245 g/mol. The maximum atomic E-state index is 11.9. The van der Waals surface area contributed by atoms with E-state index in [0.717, 1.165) is 30.6 Å². The molecule has 0 bridgehead atoms. The molecule has 1 unspecified atom stereocenters. The van der Waals surface area contributed by atoms with Crippen molar-refractivity contribution in [3.63, 3.8) is 0 Å². The van der Waals surface area contributed by atoms with Gasteiger partial charge < -0.3 is 11.1 Å². The summed E-state index contributed by atoms with van der Waals surface area (Å²) in [5, 5.41) is 2.86. The number of pyridine rings is 1. The first-order valence-electron chi connectivity index (χ1n) is 6.05. The Morgan fingerprint density at radius 2 is 2.28 bits per heavy atom. The van der Waals surface area contributed by atoms with E-state index < -0.39 is 0 Å². The molecule has 0 radical (unpaired) electrons. The molecule has 6 nitrogen and oxygen atoms in total. The predicted molar refractivity (Wildman–Crippen MR) is 68.0 cm³/mol. The Morgan fingerprint density at radius 3 is 3.06 bits per heavy atom. The molecule has 0 spiro atoms. The van der Waals surface area contributed by atoms with Crippen LogP contribution in [0.25, 0.3) is 11.2 Å². The lowest BCUT2D eigenvalue weighted by molar-refractivity contribution is -0.125. The number of nitrogens with two attached hydrogens (primary N) is 1. The highest BCUT2D eigenvalue weighted by molar-refractivity contribution is 5.84. The molecule has 0 aliphatic carbocycles. The van der Waals surface area contributed by atoms with Gasteiger partial charge in [0.1, 0.15) is 11.6 Å². The lowest BCUT2D eigenvalue weighted by Gasteiger charge is -2.23. The Hall–Kier alpha value is -2.11. The fourth-order valence-corrected chi connectivity index (χ4v) is 2.40. The molecule has 1 fully saturated rings. The van der Waals surface area contributed by atoms with Gasteiger partial charge >= 0.3 is 0 Å². The van der Waals surface area contributed by atoms with Crippen molar-refractivity contribution < 1.29 is 4.79 Å². The molecule has 6 heteroatoms. The molecule has 1 aliphatic heterocycles. The highest BCUT2D eigenvalue weighted by Crippen LogP contribution is 2.26. The number of fused-ring (bicyclic) bond motifs is 1. The van der Waals surface area contributed by atoms with Crippen LogP contribution < -0.4 is 11.1 Å². The van der Waals surface area contributed by atoms with Crippen molar-refractivity contribution in [3.05, 3.63) is 17.8 Å². The Morgan fingerprint density at radius 1 is 1.44 bits per heavy atom. The third-order valence-corrected chi connectivity index (χ3v) is 3.27. The highest BCUT2D eigenvalue weighted by Gasteiger charge is 2.27. The lowest BCUT2D eigenvalue weighted by atomic mass is 10.1. The number of aryl methyl sites for hydroxylation is 1. The smallest absolute Gasteiger partial charge is 0.243 e. The van der Waals surface area contributed by atoms with Gasteiger partial charge in [-0.3, -0.25) is 9.36 Å². The van der Waals surface area contributed by atoms with Crippen molar-refractivity contribution in [2.75, 3.05) is 12.3 Å². The van der Waals surface area contributed by atoms with Crippen LogP contribution in [-0.2, 0) is 4.79 Å². The summed E-state index contributed by atoms with van der Waals surface area (Å²) in [6.07, 6.45) is 1.72. The number of hydrogen-bond acceptors (Lipinski definition) is 4. The normalized spacial score (nSPS) is 20.1. The standard InChI is InChI=1S/C12H15N5O/c1-7-4-5-8-10(15-7)17(12(13)16-8)9-3-2-6-14-11(9)18/h4-5,9H,2-3,6H2,1H3,(H2,13,16)(H,14,18). The van der Waals surface area contributed by atoms with Crippen molar-refractivity contribution in [3.8, 4) is 0 Å². The van der Waals surface area contributed by atoms with E-state index in [1.54, 1.807) is 4.57 Å². The molecule has 1 saturated heterocycles. The number of rotatable bonds is 1. The van der Waals surface area contributed by atoms with E-state index in [1.165, 1.54) is 0 Å². The van der Waals surface area contributed by atoms with E-state index in [1.807, 2.05) is 19.1 Å². The van der Waals surface area contributed by atoms with Crippen molar-refractivity contribution in [2.24, 2.45) is 0 Å². The second kappa shape index (κ2) is 3.97. The molecule has 18 heavy (non-hydrogen) atoms. The van der Waals surface area contributed by atoms with Crippen LogP contribution in [0.3, 0.4) is 0 Å². The molecule has 1 aliphatic rings. The van der Waals surface area contributed by atoms with Crippen LogP contribution in [0.1, 0.15) is 24.6 Å². The summed E-state index contributed by atoms with van der Waals surface area (Å²) in [4.78, 5) is 20.6. The first-order chi connectivity index (χ1) is 8.66. The van der Waals surface area contributed by atoms with Gasteiger partial charge in [0.15, 0.2) is 5.65 Å². The number of piperidine rings is 1. The Kier molecular flexibility index (Phi) is 2.43. The molecule has 2 aromatic heterocycles. The van der Waals surface area contributed by atoms with Gasteiger partial charge in [0, 0.05) is 12.2 Å². The minimum atomic E-state index is -0.293. The van der Waals surface area contributed by atoms with Crippen LogP contribution in [0.5, 0.6) is 0 Å². The number of nitrogens with one attached hydrogen (secondary N) is 1. The summed E-state index contributed by atoms with van der Waals surface area (Å²) < 4.78 is 1.75. The molecule has 3 N–H and O–H groups in total. The Labute approximate surface area is 104 Å². The number of hydrogen-bond donors (Lipinski definition) is 2. The van der Waals surface area contributed by atoms with E-state index >= 15 is 0 Å². The summed E-state index contributed by atoms with van der Waals surface area (Å²) in [5.41, 5.74) is 8.24. The zero-order valence-electron chi connectivity index (χ0n) is 10.2. The number of aromatic nitrogens is 3. The van der Waals surface area contributed by atoms with Crippen molar-refractivity contribution in [1.29, 1.82) is 0 Å². The SMILES string of the molecule is Cc1ccc2nc(N)n(C3CCCNC3=O)c2n1. The summed E-state index contributed by atoms with van der Waals surface area (Å²) in [6.45, 7) is 2.64. The summed E-state index contributed by atoms with van der Waals surface area (Å²) >= 11 is 0. The highest BCUT2D eigenvalue weighted by atomic mass is 16.2. The lowest BCUT2D eigenvalue weighted by Crippen LogP contribution is -2.38. The molecular weight excluding hydrogens is 230 g/mol. The zero-order chi connectivity index (χ0) is 12.7. The number of amides is 1. The number of anilines is 1. The minimum absolute atomic E-state index is 0.00411. The van der Waals surface area contributed by atoms with Gasteiger partial charge in [-0.15, -0.1) is 0 Å². The molecule has 0 aromatic carbocycles. The Balaban J connectivity index is 2.17. The second-order valence-corrected chi connectivity index (χ2v) is 4.58. The van der Waals surface area contributed by atoms with Crippen LogP contribution in [-0.4, -0.2) is 27.0 Å². The van der Waals surface area contributed by atoms with Crippen LogP contribution in [0.15, 0.2) is 12.1 Å². The molecule has 2 aromatic rings. The topological polar surface area (TPSA) is 85.8 Å². The molecule has 94 valence electrons. The van der Waals surface area contributed by atoms with Gasteiger partial charge in [0.05, 0.1) is 0 Å². The fourth-order valence-electron chi connectivity index (χ4n) is 2.40. The van der Waals surface area contributed by atoms with Crippen LogP contribution in [0.4, 0.5) is 5.95 Å². The van der Waals surface area contributed by atoms with E-state index in [4.69, 9.17) is 5.73 Å². The first kappa shape index (κ1) is 11.0. The number of carbonyl (C=O) groups is 1. The Bertz CT molecular complexity index is 618. The maximum Gasteiger partial charge on any atom is 0.243 e. The molecule has 3 rings (SSSR count). The van der Waals surface area contributed by atoms with E-state index in [2.05, 4.69) is 15.3 Å². The predicted octanol–water partition coefficient (Wildman–Crippen LogP) is 0.773. The first-order valence-corrected chi connectivity index (χ1v) is 6.05. The number of nitrogen functional groups attached to an aromatic ring is 1. The number of imidazole rings is 1. The summed E-state index contributed by atoms with van der Waals surface area (Å²) in [7, 11) is 0. The minimum Gasteiger partial charge on any atom is -0.369 e. The molecule has 1 amide bonds. The molecular formula is C12H15N5O. The van der Waals surface area contributed by atoms with Gasteiger partial charge in [-0.25, -0.2) is 9.97 Å². The quantitative estimate of drug-likeness (QED) is 0.777. The van der Waals surface area contributed by atoms with E-state index in [9.17, 15) is 4.79 Å². The van der Waals surface area contributed by atoms with Crippen molar-refractivity contribution in [1.82, 2.24) is 19.9 Å². The maximum absolute atomic E-state index is 11.9. The molecule has 3 heterocycles. The van der Waals surface area contributed by atoms with E-state index in [0.29, 0.717) is 11.6 Å². The summed E-state index contributed by atoms with van der Waals surface area (Å²) in [5.74, 6) is 0.348. The second-order valence-electron chi connectivity index (χ2n) is 4.58. The van der Waals surface area contributed by atoms with Gasteiger partial charge in [-0.1, -0.05) is 0 Å². The third-order valence-electron chi connectivity index (χ3n) is 3.27. The number of carbonyl (C=O) groups excluding carboxylic acids is 1.